The van der Waals surface area contributed by atoms with E-state index in [1.54, 1.807) is 12.1 Å². The van der Waals surface area contributed by atoms with Crippen LogP contribution in [0.15, 0.2) is 108 Å². The fraction of sp³-hybridized carbons (Fsp3) is 0.138. The molecule has 182 valence electrons. The number of furan rings is 1. The number of rotatable bonds is 10. The second kappa shape index (κ2) is 12.2. The first-order chi connectivity index (χ1) is 17.6. The van der Waals surface area contributed by atoms with Crippen molar-refractivity contribution in [2.75, 3.05) is 11.9 Å². The van der Waals surface area contributed by atoms with Crippen molar-refractivity contribution in [3.63, 3.8) is 0 Å². The van der Waals surface area contributed by atoms with E-state index in [4.69, 9.17) is 9.15 Å². The molecule has 0 radical (unpaired) electrons. The van der Waals surface area contributed by atoms with Gasteiger partial charge in [0.15, 0.2) is 12.4 Å². The summed E-state index contributed by atoms with van der Waals surface area (Å²) in [6.45, 7) is -0.486. The zero-order valence-electron chi connectivity index (χ0n) is 19.6. The molecule has 0 aliphatic carbocycles. The molecule has 36 heavy (non-hydrogen) atoms. The van der Waals surface area contributed by atoms with Gasteiger partial charge in [0.2, 0.25) is 0 Å². The first kappa shape index (κ1) is 24.5. The molecule has 0 spiro atoms. The molecule has 0 unspecified atom stereocenters. The molecule has 7 nitrogen and oxygen atoms in total. The Labute approximate surface area is 209 Å². The van der Waals surface area contributed by atoms with Crippen LogP contribution < -0.4 is 10.6 Å². The van der Waals surface area contributed by atoms with Crippen molar-refractivity contribution in [1.82, 2.24) is 5.32 Å². The minimum atomic E-state index is -0.997. The SMILES string of the molecule is O=C(COC(=O)[C@H](Cc1ccccc1)NC(=O)c1ccco1)Nc1ccccc1Cc1ccccc1. The summed E-state index contributed by atoms with van der Waals surface area (Å²) in [7, 11) is 0. The number of carbonyl (C=O) groups is 3. The van der Waals surface area contributed by atoms with Crippen LogP contribution in [0.3, 0.4) is 0 Å². The van der Waals surface area contributed by atoms with Crippen molar-refractivity contribution in [2.45, 2.75) is 18.9 Å². The molecule has 0 aliphatic heterocycles. The monoisotopic (exact) mass is 482 g/mol. The van der Waals surface area contributed by atoms with Crippen LogP contribution in [0.25, 0.3) is 0 Å². The largest absolute Gasteiger partial charge is 0.459 e. The smallest absolute Gasteiger partial charge is 0.329 e. The van der Waals surface area contributed by atoms with E-state index < -0.39 is 30.4 Å². The Morgan fingerprint density at radius 2 is 1.44 bits per heavy atom. The number of hydrogen-bond donors (Lipinski definition) is 2. The quantitative estimate of drug-likeness (QED) is 0.327. The highest BCUT2D eigenvalue weighted by Gasteiger charge is 2.25. The van der Waals surface area contributed by atoms with Gasteiger partial charge < -0.3 is 19.8 Å². The minimum absolute atomic E-state index is 0.0774. The maximum atomic E-state index is 12.9. The standard InChI is InChI=1S/C29H26N2O5/c32-27(30-24-15-8-7-14-23(24)18-21-10-3-1-4-11-21)20-36-29(34)25(19-22-12-5-2-6-13-22)31-28(33)26-16-9-17-35-26/h1-17,25H,18-20H2,(H,30,32)(H,31,33)/t25-/m0/s1. The molecule has 1 heterocycles. The third kappa shape index (κ3) is 6.93. The van der Waals surface area contributed by atoms with E-state index in [2.05, 4.69) is 10.6 Å². The van der Waals surface area contributed by atoms with Gasteiger partial charge >= 0.3 is 5.97 Å². The topological polar surface area (TPSA) is 97.6 Å². The van der Waals surface area contributed by atoms with Gasteiger partial charge in [-0.25, -0.2) is 4.79 Å². The fourth-order valence-corrected chi connectivity index (χ4v) is 3.72. The lowest BCUT2D eigenvalue weighted by atomic mass is 10.0. The summed E-state index contributed by atoms with van der Waals surface area (Å²) in [5.74, 6) is -1.66. The highest BCUT2D eigenvalue weighted by Crippen LogP contribution is 2.19. The van der Waals surface area contributed by atoms with Crippen LogP contribution in [0, 0.1) is 0 Å². The maximum absolute atomic E-state index is 12.9. The lowest BCUT2D eigenvalue weighted by molar-refractivity contribution is -0.149. The van der Waals surface area contributed by atoms with E-state index in [9.17, 15) is 14.4 Å². The van der Waals surface area contributed by atoms with Gasteiger partial charge in [0.1, 0.15) is 6.04 Å². The highest BCUT2D eigenvalue weighted by molar-refractivity contribution is 5.96. The average molecular weight is 483 g/mol. The number of ether oxygens (including phenoxy) is 1. The van der Waals surface area contributed by atoms with Gasteiger partial charge in [0.05, 0.1) is 6.26 Å². The summed E-state index contributed by atoms with van der Waals surface area (Å²) in [4.78, 5) is 38.0. The average Bonchev–Trinajstić information content (AvgIpc) is 3.45. The Balaban J connectivity index is 1.38. The number of esters is 1. The van der Waals surface area contributed by atoms with Gasteiger partial charge in [-0.15, -0.1) is 0 Å². The lowest BCUT2D eigenvalue weighted by Crippen LogP contribution is -2.44. The summed E-state index contributed by atoms with van der Waals surface area (Å²) in [5.41, 5.74) is 3.53. The number of benzene rings is 3. The van der Waals surface area contributed by atoms with E-state index >= 15 is 0 Å². The van der Waals surface area contributed by atoms with Crippen LogP contribution in [0.4, 0.5) is 5.69 Å². The number of nitrogens with one attached hydrogen (secondary N) is 2. The van der Waals surface area contributed by atoms with Crippen LogP contribution in [-0.2, 0) is 27.2 Å². The third-order valence-electron chi connectivity index (χ3n) is 5.49. The van der Waals surface area contributed by atoms with Gasteiger partial charge in [0.25, 0.3) is 11.8 Å². The third-order valence-corrected chi connectivity index (χ3v) is 5.49. The van der Waals surface area contributed by atoms with E-state index in [0.717, 1.165) is 16.7 Å². The van der Waals surface area contributed by atoms with Gasteiger partial charge in [-0.2, -0.15) is 0 Å². The zero-order valence-corrected chi connectivity index (χ0v) is 19.6. The maximum Gasteiger partial charge on any atom is 0.329 e. The summed E-state index contributed by atoms with van der Waals surface area (Å²) in [6.07, 6.45) is 2.22. The molecule has 1 aromatic heterocycles. The molecule has 4 rings (SSSR count). The highest BCUT2D eigenvalue weighted by atomic mass is 16.5. The molecule has 0 saturated carbocycles. The molecular formula is C29H26N2O5. The lowest BCUT2D eigenvalue weighted by Gasteiger charge is -2.17. The van der Waals surface area contributed by atoms with Crippen molar-refractivity contribution in [3.8, 4) is 0 Å². The number of amides is 2. The number of hydrogen-bond acceptors (Lipinski definition) is 5. The molecule has 0 fully saturated rings. The van der Waals surface area contributed by atoms with Gasteiger partial charge in [0, 0.05) is 12.1 Å². The Morgan fingerprint density at radius 3 is 2.14 bits per heavy atom. The Morgan fingerprint density at radius 1 is 0.778 bits per heavy atom. The predicted molar refractivity (Wildman–Crippen MR) is 135 cm³/mol. The van der Waals surface area contributed by atoms with Crippen LogP contribution in [0.5, 0.6) is 0 Å². The Hall–Kier alpha value is -4.65. The van der Waals surface area contributed by atoms with E-state index in [1.807, 2.05) is 78.9 Å². The van der Waals surface area contributed by atoms with E-state index in [1.165, 1.54) is 12.3 Å². The first-order valence-electron chi connectivity index (χ1n) is 11.5. The van der Waals surface area contributed by atoms with Crippen LogP contribution in [0.2, 0.25) is 0 Å². The first-order valence-corrected chi connectivity index (χ1v) is 11.5. The van der Waals surface area contributed by atoms with Crippen molar-refractivity contribution < 1.29 is 23.5 Å². The van der Waals surface area contributed by atoms with Crippen molar-refractivity contribution >= 4 is 23.5 Å². The summed E-state index contributed by atoms with van der Waals surface area (Å²) in [6, 6.07) is 28.7. The molecule has 7 heteroatoms. The molecule has 0 saturated heterocycles. The van der Waals surface area contributed by atoms with Gasteiger partial charge in [-0.3, -0.25) is 9.59 Å². The van der Waals surface area contributed by atoms with E-state index in [0.29, 0.717) is 12.1 Å². The predicted octanol–water partition coefficient (Wildman–Crippen LogP) is 4.39. The van der Waals surface area contributed by atoms with Crippen LogP contribution >= 0.6 is 0 Å². The number of carbonyl (C=O) groups excluding carboxylic acids is 3. The van der Waals surface area contributed by atoms with Gasteiger partial charge in [-0.1, -0.05) is 78.9 Å². The van der Waals surface area contributed by atoms with Crippen LogP contribution in [0.1, 0.15) is 27.2 Å². The van der Waals surface area contributed by atoms with Crippen LogP contribution in [-0.4, -0.2) is 30.4 Å². The number of anilines is 1. The molecule has 3 aromatic carbocycles. The molecule has 0 bridgehead atoms. The molecule has 1 atom stereocenters. The summed E-state index contributed by atoms with van der Waals surface area (Å²) < 4.78 is 10.4. The van der Waals surface area contributed by atoms with Gasteiger partial charge in [-0.05, 0) is 41.3 Å². The van der Waals surface area contributed by atoms with Crippen molar-refractivity contribution in [2.24, 2.45) is 0 Å². The van der Waals surface area contributed by atoms with Crippen molar-refractivity contribution in [1.29, 1.82) is 0 Å². The molecule has 4 aromatic rings. The Bertz CT molecular complexity index is 1290. The minimum Gasteiger partial charge on any atom is -0.459 e. The molecule has 2 amide bonds. The molecule has 2 N–H and O–H groups in total. The molecular weight excluding hydrogens is 456 g/mol. The second-order valence-electron chi connectivity index (χ2n) is 8.17. The summed E-state index contributed by atoms with van der Waals surface area (Å²) >= 11 is 0. The van der Waals surface area contributed by atoms with E-state index in [-0.39, 0.29) is 12.2 Å². The second-order valence-corrected chi connectivity index (χ2v) is 8.17. The fourth-order valence-electron chi connectivity index (χ4n) is 3.72. The zero-order chi connectivity index (χ0) is 25.2. The molecule has 0 aliphatic rings. The normalized spacial score (nSPS) is 11.3. The van der Waals surface area contributed by atoms with Crippen molar-refractivity contribution in [3.05, 3.63) is 126 Å². The number of para-hydroxylation sites is 1. The summed E-state index contributed by atoms with van der Waals surface area (Å²) in [5, 5.41) is 5.46. The Kier molecular flexibility index (Phi) is 8.27.